The second-order valence-corrected chi connectivity index (χ2v) is 4.52. The van der Waals surface area contributed by atoms with Crippen molar-refractivity contribution >= 4 is 6.08 Å². The van der Waals surface area contributed by atoms with Crippen LogP contribution in [0.2, 0.25) is 0 Å². The Bertz CT molecular complexity index is 315. The Kier molecular flexibility index (Phi) is 8.19. The molecule has 0 saturated heterocycles. The van der Waals surface area contributed by atoms with Gasteiger partial charge in [-0.05, 0) is 18.4 Å². The molecular weight excluding hydrogens is 222 g/mol. The van der Waals surface area contributed by atoms with E-state index in [0.29, 0.717) is 12.6 Å². The summed E-state index contributed by atoms with van der Waals surface area (Å²) in [6.45, 7) is 5.03. The predicted molar refractivity (Wildman–Crippen MR) is 78.2 cm³/mol. The smallest absolute Gasteiger partial charge is 0.0867 e. The summed E-state index contributed by atoms with van der Waals surface area (Å²) >= 11 is 0. The maximum absolute atomic E-state index is 5.49. The molecule has 0 amide bonds. The molecule has 1 aromatic rings. The van der Waals surface area contributed by atoms with Gasteiger partial charge in [0.1, 0.15) is 0 Å². The van der Waals surface area contributed by atoms with Crippen LogP contribution in [0.15, 0.2) is 36.4 Å². The van der Waals surface area contributed by atoms with E-state index in [4.69, 9.17) is 4.84 Å². The summed E-state index contributed by atoms with van der Waals surface area (Å²) in [6.07, 6.45) is 8.86. The second-order valence-electron chi connectivity index (χ2n) is 4.52. The highest BCUT2D eigenvalue weighted by molar-refractivity contribution is 5.48. The zero-order valence-electron chi connectivity index (χ0n) is 11.6. The quantitative estimate of drug-likeness (QED) is 0.522. The molecule has 2 nitrogen and oxygen atoms in total. The third-order valence-corrected chi connectivity index (χ3v) is 2.81. The van der Waals surface area contributed by atoms with Gasteiger partial charge in [-0.25, -0.2) is 0 Å². The molecule has 1 rings (SSSR count). The van der Waals surface area contributed by atoms with Crippen molar-refractivity contribution in [2.45, 2.75) is 45.6 Å². The monoisotopic (exact) mass is 247 g/mol. The van der Waals surface area contributed by atoms with Crippen LogP contribution in [0.25, 0.3) is 6.08 Å². The molecule has 1 N–H and O–H groups in total. The Morgan fingerprint density at radius 2 is 1.78 bits per heavy atom. The minimum Gasteiger partial charge on any atom is -0.297 e. The molecule has 0 radical (unpaired) electrons. The number of hydroxylamine groups is 1. The molecule has 100 valence electrons. The summed E-state index contributed by atoms with van der Waals surface area (Å²) in [5, 5.41) is 0. The molecule has 0 aromatic heterocycles. The van der Waals surface area contributed by atoms with E-state index in [1.165, 1.54) is 31.2 Å². The van der Waals surface area contributed by atoms with E-state index in [0.717, 1.165) is 0 Å². The Labute approximate surface area is 111 Å². The predicted octanol–water partition coefficient (Wildman–Crippen LogP) is 4.19. The van der Waals surface area contributed by atoms with Gasteiger partial charge in [0.05, 0.1) is 6.61 Å². The lowest BCUT2D eigenvalue weighted by Gasteiger charge is -2.16. The van der Waals surface area contributed by atoms with Crippen molar-refractivity contribution in [3.8, 4) is 0 Å². The van der Waals surface area contributed by atoms with E-state index in [9.17, 15) is 0 Å². The highest BCUT2D eigenvalue weighted by atomic mass is 16.6. The highest BCUT2D eigenvalue weighted by Gasteiger charge is 2.04. The topological polar surface area (TPSA) is 21.3 Å². The Balaban J connectivity index is 2.19. The lowest BCUT2D eigenvalue weighted by molar-refractivity contribution is 0.0301. The fourth-order valence-corrected chi connectivity index (χ4v) is 1.92. The van der Waals surface area contributed by atoms with Crippen molar-refractivity contribution < 1.29 is 4.84 Å². The molecule has 0 aliphatic carbocycles. The van der Waals surface area contributed by atoms with Crippen molar-refractivity contribution in [1.82, 2.24) is 5.48 Å². The van der Waals surface area contributed by atoms with Gasteiger partial charge >= 0.3 is 0 Å². The summed E-state index contributed by atoms with van der Waals surface area (Å²) in [6, 6.07) is 10.8. The van der Waals surface area contributed by atoms with Crippen LogP contribution in [0.3, 0.4) is 0 Å². The van der Waals surface area contributed by atoms with Crippen LogP contribution < -0.4 is 5.48 Å². The molecule has 0 heterocycles. The van der Waals surface area contributed by atoms with Gasteiger partial charge in [0, 0.05) is 6.04 Å². The zero-order chi connectivity index (χ0) is 13.1. The first-order chi connectivity index (χ1) is 8.86. The van der Waals surface area contributed by atoms with Gasteiger partial charge in [0.15, 0.2) is 0 Å². The molecular formula is C16H25NO. The van der Waals surface area contributed by atoms with Gasteiger partial charge in [-0.1, -0.05) is 69.2 Å². The van der Waals surface area contributed by atoms with Crippen molar-refractivity contribution in [2.75, 3.05) is 6.61 Å². The first-order valence-electron chi connectivity index (χ1n) is 6.95. The van der Waals surface area contributed by atoms with Crippen molar-refractivity contribution in [3.05, 3.63) is 42.0 Å². The van der Waals surface area contributed by atoms with Crippen LogP contribution in [-0.2, 0) is 4.84 Å². The molecule has 0 aliphatic heterocycles. The van der Waals surface area contributed by atoms with Gasteiger partial charge < -0.3 is 0 Å². The lowest BCUT2D eigenvalue weighted by atomic mass is 10.1. The summed E-state index contributed by atoms with van der Waals surface area (Å²) in [5.41, 5.74) is 4.36. The second kappa shape index (κ2) is 9.86. The van der Waals surface area contributed by atoms with Crippen LogP contribution in [0.1, 0.15) is 45.1 Å². The van der Waals surface area contributed by atoms with Crippen LogP contribution >= 0.6 is 0 Å². The van der Waals surface area contributed by atoms with E-state index in [2.05, 4.69) is 37.5 Å². The molecule has 18 heavy (non-hydrogen) atoms. The number of hydrogen-bond acceptors (Lipinski definition) is 2. The molecule has 0 spiro atoms. The zero-order valence-corrected chi connectivity index (χ0v) is 11.6. The standard InChI is InChI=1S/C16H25NO/c1-3-9-16(10-4-2)17-18-14-8-13-15-11-6-5-7-12-15/h5-8,11-13,16-17H,3-4,9-10,14H2,1-2H3/b13-8+. The van der Waals surface area contributed by atoms with Gasteiger partial charge in [-0.15, -0.1) is 0 Å². The molecule has 0 bridgehead atoms. The van der Waals surface area contributed by atoms with E-state index < -0.39 is 0 Å². The van der Waals surface area contributed by atoms with E-state index in [1.807, 2.05) is 24.3 Å². The minimum atomic E-state index is 0.491. The number of nitrogens with one attached hydrogen (secondary N) is 1. The average molecular weight is 247 g/mol. The molecule has 0 saturated carbocycles. The summed E-state index contributed by atoms with van der Waals surface area (Å²) in [7, 11) is 0. The Morgan fingerprint density at radius 3 is 2.39 bits per heavy atom. The van der Waals surface area contributed by atoms with Crippen molar-refractivity contribution in [1.29, 1.82) is 0 Å². The molecule has 0 atom stereocenters. The summed E-state index contributed by atoms with van der Waals surface area (Å²) < 4.78 is 0. The maximum atomic E-state index is 5.49. The summed E-state index contributed by atoms with van der Waals surface area (Å²) in [5.74, 6) is 0. The van der Waals surface area contributed by atoms with E-state index in [1.54, 1.807) is 0 Å². The van der Waals surface area contributed by atoms with E-state index in [-0.39, 0.29) is 0 Å². The Morgan fingerprint density at radius 1 is 1.11 bits per heavy atom. The van der Waals surface area contributed by atoms with Crippen molar-refractivity contribution in [3.63, 3.8) is 0 Å². The third-order valence-electron chi connectivity index (χ3n) is 2.81. The fourth-order valence-electron chi connectivity index (χ4n) is 1.92. The normalized spacial score (nSPS) is 11.5. The molecule has 2 heteroatoms. The SMILES string of the molecule is CCCC(CCC)NOC/C=C/c1ccccc1. The molecule has 0 fully saturated rings. The molecule has 0 unspecified atom stereocenters. The summed E-state index contributed by atoms with van der Waals surface area (Å²) in [4.78, 5) is 5.49. The average Bonchev–Trinajstić information content (AvgIpc) is 2.40. The molecule has 0 aliphatic rings. The van der Waals surface area contributed by atoms with Crippen molar-refractivity contribution in [2.24, 2.45) is 0 Å². The molecule has 1 aromatic carbocycles. The fraction of sp³-hybridized carbons (Fsp3) is 0.500. The minimum absolute atomic E-state index is 0.491. The lowest BCUT2D eigenvalue weighted by Crippen LogP contribution is -2.29. The highest BCUT2D eigenvalue weighted by Crippen LogP contribution is 2.04. The van der Waals surface area contributed by atoms with Gasteiger partial charge in [0.25, 0.3) is 0 Å². The number of hydrogen-bond donors (Lipinski definition) is 1. The first-order valence-corrected chi connectivity index (χ1v) is 6.95. The number of benzene rings is 1. The van der Waals surface area contributed by atoms with Crippen LogP contribution in [-0.4, -0.2) is 12.6 Å². The Hall–Kier alpha value is -1.12. The maximum Gasteiger partial charge on any atom is 0.0867 e. The van der Waals surface area contributed by atoms with Crippen LogP contribution in [0, 0.1) is 0 Å². The van der Waals surface area contributed by atoms with Gasteiger partial charge in [-0.3, -0.25) is 4.84 Å². The van der Waals surface area contributed by atoms with E-state index >= 15 is 0 Å². The number of rotatable bonds is 9. The van der Waals surface area contributed by atoms with Gasteiger partial charge in [-0.2, -0.15) is 5.48 Å². The first kappa shape index (κ1) is 14.9. The largest absolute Gasteiger partial charge is 0.297 e. The van der Waals surface area contributed by atoms with Crippen LogP contribution in [0.5, 0.6) is 0 Å². The third kappa shape index (κ3) is 6.58. The van der Waals surface area contributed by atoms with Gasteiger partial charge in [0.2, 0.25) is 0 Å². The van der Waals surface area contributed by atoms with Crippen LogP contribution in [0.4, 0.5) is 0 Å².